The van der Waals surface area contributed by atoms with Crippen LogP contribution in [0.4, 0.5) is 0 Å². The molecule has 1 N–H and O–H groups in total. The Morgan fingerprint density at radius 2 is 1.79 bits per heavy atom. The third-order valence-electron chi connectivity index (χ3n) is 6.76. The molecule has 3 heterocycles. The van der Waals surface area contributed by atoms with Gasteiger partial charge < -0.3 is 14.3 Å². The van der Waals surface area contributed by atoms with Crippen molar-refractivity contribution in [3.63, 3.8) is 0 Å². The molecule has 5 heteroatoms. The summed E-state index contributed by atoms with van der Waals surface area (Å²) < 4.78 is 5.32. The summed E-state index contributed by atoms with van der Waals surface area (Å²) >= 11 is 0. The van der Waals surface area contributed by atoms with Crippen LogP contribution in [0.2, 0.25) is 0 Å². The van der Waals surface area contributed by atoms with Gasteiger partial charge >= 0.3 is 0 Å². The number of nitrogens with one attached hydrogen (secondary N) is 1. The number of amides is 1. The van der Waals surface area contributed by atoms with Crippen LogP contribution in [0.1, 0.15) is 54.3 Å². The number of carbonyl (C=O) groups is 1. The fourth-order valence-corrected chi connectivity index (χ4v) is 5.30. The van der Waals surface area contributed by atoms with Crippen LogP contribution in [0.5, 0.6) is 0 Å². The van der Waals surface area contributed by atoms with Crippen molar-refractivity contribution in [3.8, 4) is 0 Å². The highest BCUT2D eigenvalue weighted by atomic mass is 16.3. The number of hydrogen-bond donors (Lipinski definition) is 1. The molecule has 1 amide bonds. The molecule has 29 heavy (non-hydrogen) atoms. The van der Waals surface area contributed by atoms with Crippen molar-refractivity contribution in [1.82, 2.24) is 14.8 Å². The van der Waals surface area contributed by atoms with Crippen molar-refractivity contribution in [3.05, 3.63) is 60.2 Å². The van der Waals surface area contributed by atoms with Gasteiger partial charge in [-0.3, -0.25) is 9.69 Å². The van der Waals surface area contributed by atoms with Crippen LogP contribution in [-0.4, -0.2) is 46.9 Å². The van der Waals surface area contributed by atoms with Crippen molar-refractivity contribution >= 4 is 16.8 Å². The quantitative estimate of drug-likeness (QED) is 0.692. The lowest BCUT2D eigenvalue weighted by Crippen LogP contribution is -2.50. The molecule has 152 valence electrons. The van der Waals surface area contributed by atoms with Crippen molar-refractivity contribution < 1.29 is 9.21 Å². The molecular formula is C24H29N3O2. The Balaban J connectivity index is 1.38. The van der Waals surface area contributed by atoms with Gasteiger partial charge in [0.1, 0.15) is 0 Å². The van der Waals surface area contributed by atoms with Gasteiger partial charge in [0.25, 0.3) is 5.91 Å². The first-order valence-electron chi connectivity index (χ1n) is 10.9. The number of H-pyrrole nitrogens is 1. The minimum absolute atomic E-state index is 0.0101. The predicted octanol–water partition coefficient (Wildman–Crippen LogP) is 4.84. The number of aromatic nitrogens is 1. The molecule has 5 nitrogen and oxygen atoms in total. The molecule has 0 radical (unpaired) electrons. The first kappa shape index (κ1) is 18.5. The van der Waals surface area contributed by atoms with Crippen LogP contribution in [-0.2, 0) is 0 Å². The Morgan fingerprint density at radius 3 is 2.55 bits per heavy atom. The summed E-state index contributed by atoms with van der Waals surface area (Å²) in [5.74, 6) is 1.14. The lowest BCUT2D eigenvalue weighted by molar-refractivity contribution is 0.0420. The molecule has 1 aliphatic heterocycles. The Labute approximate surface area is 171 Å². The lowest BCUT2D eigenvalue weighted by atomic mass is 9.80. The number of nitrogens with zero attached hydrogens (tertiary/aromatic N) is 2. The fraction of sp³-hybridized carbons (Fsp3) is 0.458. The topological polar surface area (TPSA) is 52.5 Å². The number of carbonyl (C=O) groups excluding carboxylic acids is 1. The summed E-state index contributed by atoms with van der Waals surface area (Å²) in [6.07, 6.45) is 10.4. The van der Waals surface area contributed by atoms with Crippen LogP contribution < -0.4 is 0 Å². The zero-order valence-corrected chi connectivity index (χ0v) is 16.8. The van der Waals surface area contributed by atoms with E-state index in [2.05, 4.69) is 40.3 Å². The molecule has 1 atom stereocenters. The van der Waals surface area contributed by atoms with Crippen molar-refractivity contribution in [2.24, 2.45) is 5.92 Å². The molecule has 0 spiro atoms. The summed E-state index contributed by atoms with van der Waals surface area (Å²) in [5, 5.41) is 1.34. The van der Waals surface area contributed by atoms with Gasteiger partial charge in [-0.25, -0.2) is 0 Å². The highest BCUT2D eigenvalue weighted by molar-refractivity contribution is 5.91. The zero-order valence-electron chi connectivity index (χ0n) is 16.8. The van der Waals surface area contributed by atoms with Gasteiger partial charge in [-0.1, -0.05) is 37.5 Å². The molecule has 0 bridgehead atoms. The molecule has 1 unspecified atom stereocenters. The van der Waals surface area contributed by atoms with Crippen LogP contribution in [0.3, 0.4) is 0 Å². The maximum Gasteiger partial charge on any atom is 0.289 e. The maximum atomic E-state index is 12.7. The third-order valence-corrected chi connectivity index (χ3v) is 6.76. The van der Waals surface area contributed by atoms with Gasteiger partial charge in [-0.2, -0.15) is 0 Å². The number of piperazine rings is 1. The highest BCUT2D eigenvalue weighted by Crippen LogP contribution is 2.41. The van der Waals surface area contributed by atoms with Crippen LogP contribution in [0, 0.1) is 5.92 Å². The molecular weight excluding hydrogens is 362 g/mol. The Kier molecular flexibility index (Phi) is 5.15. The molecule has 1 aliphatic carbocycles. The molecule has 1 saturated heterocycles. The number of aromatic amines is 1. The first-order valence-corrected chi connectivity index (χ1v) is 10.9. The number of benzene rings is 1. The monoisotopic (exact) mass is 391 g/mol. The molecule has 1 aromatic carbocycles. The van der Waals surface area contributed by atoms with E-state index in [0.717, 1.165) is 26.2 Å². The molecule has 1 saturated carbocycles. The zero-order chi connectivity index (χ0) is 19.6. The summed E-state index contributed by atoms with van der Waals surface area (Å²) in [6, 6.07) is 12.6. The minimum Gasteiger partial charge on any atom is -0.459 e. The second-order valence-electron chi connectivity index (χ2n) is 8.44. The largest absolute Gasteiger partial charge is 0.459 e. The smallest absolute Gasteiger partial charge is 0.289 e. The van der Waals surface area contributed by atoms with Gasteiger partial charge in [0.2, 0.25) is 0 Å². The van der Waals surface area contributed by atoms with E-state index in [1.165, 1.54) is 48.6 Å². The van der Waals surface area contributed by atoms with Crippen LogP contribution in [0.15, 0.2) is 53.3 Å². The Morgan fingerprint density at radius 1 is 1.00 bits per heavy atom. The standard InChI is InChI=1S/C24H29N3O2/c28-24(22-11-6-16-29-22)27-14-12-26(13-15-27)23(18-7-2-1-3-8-18)20-17-25-21-10-5-4-9-19(20)21/h4-6,9-11,16-18,23,25H,1-3,7-8,12-15H2. The van der Waals surface area contributed by atoms with E-state index in [9.17, 15) is 4.79 Å². The van der Waals surface area contributed by atoms with Crippen LogP contribution in [0.25, 0.3) is 10.9 Å². The molecule has 2 aromatic heterocycles. The third kappa shape index (κ3) is 3.60. The van der Waals surface area contributed by atoms with Gasteiger partial charge in [0.15, 0.2) is 5.76 Å². The number of rotatable bonds is 4. The van der Waals surface area contributed by atoms with E-state index in [4.69, 9.17) is 4.42 Å². The maximum absolute atomic E-state index is 12.7. The van der Waals surface area contributed by atoms with E-state index >= 15 is 0 Å². The molecule has 5 rings (SSSR count). The van der Waals surface area contributed by atoms with E-state index in [0.29, 0.717) is 17.7 Å². The van der Waals surface area contributed by atoms with Gasteiger partial charge in [-0.15, -0.1) is 0 Å². The fourth-order valence-electron chi connectivity index (χ4n) is 5.30. The Hall–Kier alpha value is -2.53. The summed E-state index contributed by atoms with van der Waals surface area (Å²) in [7, 11) is 0. The SMILES string of the molecule is O=C(c1ccco1)N1CCN(C(c2c[nH]c3ccccc23)C2CCCCC2)CC1. The molecule has 3 aromatic rings. The number of para-hydroxylation sites is 1. The van der Waals surface area contributed by atoms with Gasteiger partial charge in [0, 0.05) is 49.3 Å². The van der Waals surface area contributed by atoms with Crippen molar-refractivity contribution in [2.45, 2.75) is 38.1 Å². The highest BCUT2D eigenvalue weighted by Gasteiger charge is 2.34. The Bertz CT molecular complexity index is 948. The lowest BCUT2D eigenvalue weighted by Gasteiger charge is -2.43. The second-order valence-corrected chi connectivity index (χ2v) is 8.44. The number of hydrogen-bond acceptors (Lipinski definition) is 3. The average molecular weight is 392 g/mol. The van der Waals surface area contributed by atoms with Crippen molar-refractivity contribution in [1.29, 1.82) is 0 Å². The summed E-state index contributed by atoms with van der Waals surface area (Å²) in [5.41, 5.74) is 2.65. The van der Waals surface area contributed by atoms with Gasteiger partial charge in [0.05, 0.1) is 6.26 Å². The molecule has 2 fully saturated rings. The van der Waals surface area contributed by atoms with E-state index in [-0.39, 0.29) is 5.91 Å². The number of furan rings is 1. The minimum atomic E-state index is 0.0101. The normalized spacial score (nSPS) is 20.2. The summed E-state index contributed by atoms with van der Waals surface area (Å²) in [6.45, 7) is 3.33. The number of fused-ring (bicyclic) bond motifs is 1. The van der Waals surface area contributed by atoms with E-state index in [1.54, 1.807) is 18.4 Å². The van der Waals surface area contributed by atoms with Crippen LogP contribution >= 0.6 is 0 Å². The van der Waals surface area contributed by atoms with Crippen molar-refractivity contribution in [2.75, 3.05) is 26.2 Å². The second kappa shape index (κ2) is 8.07. The average Bonchev–Trinajstić information content (AvgIpc) is 3.46. The van der Waals surface area contributed by atoms with E-state index in [1.807, 2.05) is 4.90 Å². The van der Waals surface area contributed by atoms with E-state index < -0.39 is 0 Å². The van der Waals surface area contributed by atoms with Gasteiger partial charge in [-0.05, 0) is 42.5 Å². The summed E-state index contributed by atoms with van der Waals surface area (Å²) in [4.78, 5) is 20.7. The molecule has 2 aliphatic rings. The first-order chi connectivity index (χ1) is 14.3. The predicted molar refractivity (Wildman–Crippen MR) is 114 cm³/mol.